The molecule has 1 amide bonds. The number of aromatic nitrogens is 2. The van der Waals surface area contributed by atoms with E-state index in [2.05, 4.69) is 4.98 Å². The number of ether oxygens (including phenoxy) is 2. The highest BCUT2D eigenvalue weighted by molar-refractivity contribution is 5.94. The molecule has 0 aliphatic rings. The highest BCUT2D eigenvalue weighted by Gasteiger charge is 2.17. The van der Waals surface area contributed by atoms with Gasteiger partial charge in [0.25, 0.3) is 5.91 Å². The van der Waals surface area contributed by atoms with E-state index in [1.807, 2.05) is 10.8 Å². The van der Waals surface area contributed by atoms with Crippen LogP contribution in [0.2, 0.25) is 0 Å². The first-order valence-electron chi connectivity index (χ1n) is 8.68. The number of rotatable bonds is 10. The summed E-state index contributed by atoms with van der Waals surface area (Å²) in [5.41, 5.74) is 0.538. The Hall–Kier alpha value is -2.83. The van der Waals surface area contributed by atoms with Gasteiger partial charge in [-0.2, -0.15) is 0 Å². The molecule has 0 N–H and O–H groups in total. The molecule has 1 aromatic heterocycles. The van der Waals surface area contributed by atoms with Gasteiger partial charge in [0, 0.05) is 37.6 Å². The van der Waals surface area contributed by atoms with Gasteiger partial charge < -0.3 is 18.9 Å². The smallest absolute Gasteiger partial charge is 0.307 e. The molecule has 0 bridgehead atoms. The zero-order valence-corrected chi connectivity index (χ0v) is 15.3. The van der Waals surface area contributed by atoms with Crippen LogP contribution in [-0.2, 0) is 16.1 Å². The number of amides is 1. The van der Waals surface area contributed by atoms with E-state index in [1.165, 1.54) is 0 Å². The topological polar surface area (TPSA) is 73.7 Å². The second-order valence-electron chi connectivity index (χ2n) is 5.73. The Labute approximate surface area is 153 Å². The quantitative estimate of drug-likeness (QED) is 0.609. The second-order valence-corrected chi connectivity index (χ2v) is 5.73. The van der Waals surface area contributed by atoms with E-state index in [0.29, 0.717) is 31.0 Å². The van der Waals surface area contributed by atoms with E-state index < -0.39 is 0 Å². The Morgan fingerprint density at radius 2 is 2.12 bits per heavy atom. The molecule has 0 aliphatic carbocycles. The standard InChI is InChI=1S/C19H25N3O4/c1-3-26-18(23)8-12-22(11-5-10-21-13-9-20-15-21)19(24)16-6-4-7-17(14-16)25-2/h4,6-7,9,13-15H,3,5,8,10-12H2,1-2H3. The number of benzene rings is 1. The van der Waals surface area contributed by atoms with Gasteiger partial charge in [0.2, 0.25) is 0 Å². The molecule has 26 heavy (non-hydrogen) atoms. The molecule has 0 saturated heterocycles. The van der Waals surface area contributed by atoms with Gasteiger partial charge in [-0.15, -0.1) is 0 Å². The molecule has 0 atom stereocenters. The Balaban J connectivity index is 2.01. The van der Waals surface area contributed by atoms with Gasteiger partial charge >= 0.3 is 5.97 Å². The van der Waals surface area contributed by atoms with Crippen molar-refractivity contribution in [3.63, 3.8) is 0 Å². The molecule has 140 valence electrons. The van der Waals surface area contributed by atoms with Crippen molar-refractivity contribution in [2.24, 2.45) is 0 Å². The maximum absolute atomic E-state index is 12.9. The largest absolute Gasteiger partial charge is 0.497 e. The van der Waals surface area contributed by atoms with Crippen molar-refractivity contribution in [3.05, 3.63) is 48.5 Å². The molecule has 0 spiro atoms. The van der Waals surface area contributed by atoms with E-state index in [-0.39, 0.29) is 18.3 Å². The van der Waals surface area contributed by atoms with E-state index in [4.69, 9.17) is 9.47 Å². The van der Waals surface area contributed by atoms with Gasteiger partial charge in [-0.3, -0.25) is 9.59 Å². The number of nitrogens with zero attached hydrogens (tertiary/aromatic N) is 3. The van der Waals surface area contributed by atoms with Gasteiger partial charge in [0.15, 0.2) is 0 Å². The van der Waals surface area contributed by atoms with Crippen LogP contribution in [0.3, 0.4) is 0 Å². The van der Waals surface area contributed by atoms with Crippen molar-refractivity contribution >= 4 is 11.9 Å². The van der Waals surface area contributed by atoms with Crippen LogP contribution >= 0.6 is 0 Å². The van der Waals surface area contributed by atoms with Crippen LogP contribution in [0.4, 0.5) is 0 Å². The van der Waals surface area contributed by atoms with Crippen molar-refractivity contribution in [1.82, 2.24) is 14.5 Å². The number of methoxy groups -OCH3 is 1. The summed E-state index contributed by atoms with van der Waals surface area (Å²) in [5, 5.41) is 0. The van der Waals surface area contributed by atoms with Crippen LogP contribution in [0.1, 0.15) is 30.1 Å². The van der Waals surface area contributed by atoms with Crippen molar-refractivity contribution < 1.29 is 19.1 Å². The lowest BCUT2D eigenvalue weighted by molar-refractivity contribution is -0.143. The molecule has 0 unspecified atom stereocenters. The fourth-order valence-corrected chi connectivity index (χ4v) is 2.58. The Kier molecular flexibility index (Phi) is 7.67. The molecule has 2 aromatic rings. The number of esters is 1. The lowest BCUT2D eigenvalue weighted by atomic mass is 10.1. The summed E-state index contributed by atoms with van der Waals surface area (Å²) >= 11 is 0. The third-order valence-electron chi connectivity index (χ3n) is 3.90. The molecule has 7 nitrogen and oxygen atoms in total. The molecule has 1 heterocycles. The van der Waals surface area contributed by atoms with Crippen LogP contribution in [0.25, 0.3) is 0 Å². The van der Waals surface area contributed by atoms with Gasteiger partial charge in [-0.25, -0.2) is 4.98 Å². The average molecular weight is 359 g/mol. The van der Waals surface area contributed by atoms with Crippen LogP contribution < -0.4 is 4.74 Å². The summed E-state index contributed by atoms with van der Waals surface area (Å²) in [4.78, 5) is 30.2. The monoisotopic (exact) mass is 359 g/mol. The zero-order chi connectivity index (χ0) is 18.8. The number of hydrogen-bond donors (Lipinski definition) is 0. The van der Waals surface area contributed by atoms with Gasteiger partial charge in [0.05, 0.1) is 26.5 Å². The average Bonchev–Trinajstić information content (AvgIpc) is 3.17. The predicted molar refractivity (Wildman–Crippen MR) is 97.0 cm³/mol. The van der Waals surface area contributed by atoms with Crippen LogP contribution in [-0.4, -0.2) is 53.1 Å². The highest BCUT2D eigenvalue weighted by atomic mass is 16.5. The van der Waals surface area contributed by atoms with E-state index in [9.17, 15) is 9.59 Å². The van der Waals surface area contributed by atoms with Gasteiger partial charge in [0.1, 0.15) is 5.75 Å². The molecule has 0 radical (unpaired) electrons. The first-order chi connectivity index (χ1) is 12.6. The van der Waals surface area contributed by atoms with E-state index in [0.717, 1.165) is 13.0 Å². The number of hydrogen-bond acceptors (Lipinski definition) is 5. The highest BCUT2D eigenvalue weighted by Crippen LogP contribution is 2.15. The predicted octanol–water partition coefficient (Wildman–Crippen LogP) is 2.38. The summed E-state index contributed by atoms with van der Waals surface area (Å²) < 4.78 is 12.1. The minimum atomic E-state index is -0.300. The van der Waals surface area contributed by atoms with Crippen LogP contribution in [0, 0.1) is 0 Å². The third kappa shape index (κ3) is 5.91. The fourth-order valence-electron chi connectivity index (χ4n) is 2.58. The molecule has 1 aromatic carbocycles. The number of imidazole rings is 1. The second kappa shape index (κ2) is 10.2. The molecular formula is C19H25N3O4. The zero-order valence-electron chi connectivity index (χ0n) is 15.3. The van der Waals surface area contributed by atoms with Crippen molar-refractivity contribution in [3.8, 4) is 5.75 Å². The molecular weight excluding hydrogens is 334 g/mol. The molecule has 7 heteroatoms. The van der Waals surface area contributed by atoms with Crippen LogP contribution in [0.5, 0.6) is 5.75 Å². The number of carbonyl (C=O) groups excluding carboxylic acids is 2. The molecule has 0 fully saturated rings. The summed E-state index contributed by atoms with van der Waals surface area (Å²) in [6.45, 7) is 3.71. The SMILES string of the molecule is CCOC(=O)CCN(CCCn1ccnc1)C(=O)c1cccc(OC)c1. The van der Waals surface area contributed by atoms with E-state index >= 15 is 0 Å². The summed E-state index contributed by atoms with van der Waals surface area (Å²) in [7, 11) is 1.56. The van der Waals surface area contributed by atoms with Crippen molar-refractivity contribution in [2.45, 2.75) is 26.3 Å². The van der Waals surface area contributed by atoms with Crippen molar-refractivity contribution in [1.29, 1.82) is 0 Å². The fraction of sp³-hybridized carbons (Fsp3) is 0.421. The summed E-state index contributed by atoms with van der Waals surface area (Å²) in [6.07, 6.45) is 6.28. The minimum absolute atomic E-state index is 0.126. The first-order valence-corrected chi connectivity index (χ1v) is 8.68. The maximum Gasteiger partial charge on any atom is 0.307 e. The lowest BCUT2D eigenvalue weighted by Crippen LogP contribution is -2.34. The normalized spacial score (nSPS) is 10.4. The molecule has 2 rings (SSSR count). The van der Waals surface area contributed by atoms with Crippen molar-refractivity contribution in [2.75, 3.05) is 26.8 Å². The van der Waals surface area contributed by atoms with Crippen LogP contribution in [0.15, 0.2) is 43.0 Å². The molecule has 0 saturated carbocycles. The summed E-state index contributed by atoms with van der Waals surface area (Å²) in [5.74, 6) is 0.198. The lowest BCUT2D eigenvalue weighted by Gasteiger charge is -2.23. The Bertz CT molecular complexity index is 701. The Morgan fingerprint density at radius 3 is 2.81 bits per heavy atom. The van der Waals surface area contributed by atoms with Gasteiger partial charge in [-0.05, 0) is 31.5 Å². The first kappa shape index (κ1) is 19.5. The Morgan fingerprint density at radius 1 is 1.27 bits per heavy atom. The third-order valence-corrected chi connectivity index (χ3v) is 3.90. The number of carbonyl (C=O) groups is 2. The molecule has 0 aliphatic heterocycles. The maximum atomic E-state index is 12.9. The van der Waals surface area contributed by atoms with Gasteiger partial charge in [-0.1, -0.05) is 6.07 Å². The number of aryl methyl sites for hydroxylation is 1. The van der Waals surface area contributed by atoms with E-state index in [1.54, 1.807) is 55.7 Å². The summed E-state index contributed by atoms with van der Waals surface area (Å²) in [6, 6.07) is 7.02. The minimum Gasteiger partial charge on any atom is -0.497 e.